The van der Waals surface area contributed by atoms with Gasteiger partial charge in [-0.25, -0.2) is 0 Å². The van der Waals surface area contributed by atoms with Gasteiger partial charge < -0.3 is 8.83 Å². The maximum absolute atomic E-state index is 7.10. The van der Waals surface area contributed by atoms with Crippen molar-refractivity contribution < 1.29 is 8.83 Å². The summed E-state index contributed by atoms with van der Waals surface area (Å²) in [5, 5.41) is 14.5. The summed E-state index contributed by atoms with van der Waals surface area (Å²) in [6.45, 7) is 0. The van der Waals surface area contributed by atoms with E-state index in [9.17, 15) is 0 Å². The highest BCUT2D eigenvalue weighted by molar-refractivity contribution is 6.31. The molecular formula is C78H44O2. The molecule has 80 heavy (non-hydrogen) atoms. The number of hydrogen-bond donors (Lipinski definition) is 0. The third kappa shape index (κ3) is 6.08. The quantitative estimate of drug-likeness (QED) is 0.155. The van der Waals surface area contributed by atoms with Crippen LogP contribution in [0.15, 0.2) is 276 Å². The van der Waals surface area contributed by atoms with Crippen molar-refractivity contribution in [1.29, 1.82) is 0 Å². The van der Waals surface area contributed by atoms with Gasteiger partial charge >= 0.3 is 0 Å². The molecule has 0 amide bonds. The normalized spacial score (nSPS) is 12.2. The molecule has 0 saturated heterocycles. The lowest BCUT2D eigenvalue weighted by atomic mass is 9.83. The van der Waals surface area contributed by atoms with E-state index in [1.54, 1.807) is 0 Å². The number of fused-ring (bicyclic) bond motifs is 13. The number of benzene rings is 14. The van der Waals surface area contributed by atoms with Crippen molar-refractivity contribution in [3.63, 3.8) is 0 Å². The zero-order chi connectivity index (χ0) is 52.2. The van der Waals surface area contributed by atoms with Crippen LogP contribution in [-0.2, 0) is 0 Å². The number of furan rings is 2. The minimum absolute atomic E-state index is 0.855. The Morgan fingerprint density at radius 3 is 0.812 bits per heavy atom. The van der Waals surface area contributed by atoms with Crippen molar-refractivity contribution in [2.24, 2.45) is 0 Å². The van der Waals surface area contributed by atoms with Crippen molar-refractivity contribution in [2.45, 2.75) is 0 Å². The second-order valence-electron chi connectivity index (χ2n) is 21.7. The summed E-state index contributed by atoms with van der Waals surface area (Å²) < 4.78 is 14.2. The smallest absolute Gasteiger partial charge is 0.143 e. The molecule has 2 aliphatic rings. The summed E-state index contributed by atoms with van der Waals surface area (Å²) in [4.78, 5) is 0. The van der Waals surface area contributed by atoms with E-state index in [1.165, 1.54) is 98.4 Å². The van der Waals surface area contributed by atoms with E-state index in [1.807, 2.05) is 0 Å². The van der Waals surface area contributed by atoms with Gasteiger partial charge in [-0.05, 0) is 180 Å². The molecule has 2 nitrogen and oxygen atoms in total. The van der Waals surface area contributed by atoms with Crippen LogP contribution in [-0.4, -0.2) is 0 Å². The summed E-state index contributed by atoms with van der Waals surface area (Å²) in [6.07, 6.45) is 0. The Hall–Kier alpha value is -10.5. The molecule has 0 N–H and O–H groups in total. The molecule has 2 aliphatic carbocycles. The van der Waals surface area contributed by atoms with Crippen molar-refractivity contribution in [1.82, 2.24) is 0 Å². The minimum atomic E-state index is 0.855. The maximum Gasteiger partial charge on any atom is 0.143 e. The summed E-state index contributed by atoms with van der Waals surface area (Å²) in [5.74, 6) is 1.73. The van der Waals surface area contributed by atoms with E-state index in [0.29, 0.717) is 0 Å². The molecule has 2 heterocycles. The highest BCUT2D eigenvalue weighted by atomic mass is 16.3. The van der Waals surface area contributed by atoms with Crippen LogP contribution in [0.3, 0.4) is 0 Å². The first-order chi connectivity index (χ1) is 39.7. The molecule has 16 aromatic rings. The Kier molecular flexibility index (Phi) is 8.98. The Labute approximate surface area is 460 Å². The molecule has 0 bridgehead atoms. The van der Waals surface area contributed by atoms with Crippen LogP contribution < -0.4 is 0 Å². The molecule has 0 fully saturated rings. The van der Waals surface area contributed by atoms with Gasteiger partial charge in [-0.2, -0.15) is 0 Å². The Morgan fingerprint density at radius 2 is 0.463 bits per heavy atom. The molecule has 14 aromatic carbocycles. The molecule has 0 spiro atoms. The van der Waals surface area contributed by atoms with Crippen molar-refractivity contribution in [3.8, 4) is 112 Å². The maximum atomic E-state index is 7.10. The van der Waals surface area contributed by atoms with E-state index in [0.717, 1.165) is 89.1 Å². The van der Waals surface area contributed by atoms with E-state index < -0.39 is 0 Å². The minimum Gasteiger partial charge on any atom is -0.455 e. The van der Waals surface area contributed by atoms with Gasteiger partial charge in [-0.3, -0.25) is 0 Å². The van der Waals surface area contributed by atoms with E-state index in [2.05, 4.69) is 267 Å². The fourth-order valence-corrected chi connectivity index (χ4v) is 14.1. The first kappa shape index (κ1) is 43.5. The highest BCUT2D eigenvalue weighted by Gasteiger charge is 2.30. The van der Waals surface area contributed by atoms with E-state index >= 15 is 0 Å². The van der Waals surface area contributed by atoms with Crippen LogP contribution in [0.4, 0.5) is 0 Å². The standard InChI is InChI=1S/C78H44O2/c1-5-19-47(20-6-1)73-75-55(35-17-37-69(75)79-77(73)49-23-9-3-10-24-49)61-43-67-66-42-60-54-34-16-30-46-28-14-32-52(72(46)54)58(60)40-64(66)62(44-68(67)65-41-59-53-33-15-29-45-27-13-31-51(71(45)53)57(59)39-63(61)65)56-36-18-38-70-76(56)74(48-21-7-2-8-22-48)78(80-70)50-25-11-4-12-26-50/h1-44H. The van der Waals surface area contributed by atoms with Gasteiger partial charge in [-0.1, -0.05) is 218 Å². The lowest BCUT2D eigenvalue weighted by molar-refractivity contribution is 0.632. The SMILES string of the molecule is c1ccc(-c2oc3cccc(-c4cc5c6cc7c(cc6c(-c6cccc8oc(-c9ccccc9)c(-c9ccccc9)c68)cc5c5cc6c(cc45)-c4cccc5cccc-6c45)-c4cccc5cccc-7c45)c3c2-c2ccccc2)cc1. The molecule has 0 radical (unpaired) electrons. The molecule has 0 saturated carbocycles. The molecule has 2 aromatic heterocycles. The molecular weight excluding hydrogens is 969 g/mol. The average molecular weight is 1010 g/mol. The lowest BCUT2D eigenvalue weighted by Gasteiger charge is -2.20. The Bertz CT molecular complexity index is 4970. The summed E-state index contributed by atoms with van der Waals surface area (Å²) >= 11 is 0. The fourth-order valence-electron chi connectivity index (χ4n) is 14.1. The van der Waals surface area contributed by atoms with Gasteiger partial charge in [0.05, 0.1) is 0 Å². The van der Waals surface area contributed by atoms with Crippen molar-refractivity contribution >= 4 is 75.8 Å². The lowest BCUT2D eigenvalue weighted by Crippen LogP contribution is -1.93. The van der Waals surface area contributed by atoms with Gasteiger partial charge in [0.2, 0.25) is 0 Å². The van der Waals surface area contributed by atoms with Gasteiger partial charge in [0, 0.05) is 33.0 Å². The number of rotatable bonds is 6. The summed E-state index contributed by atoms with van der Waals surface area (Å²) in [6, 6.07) is 98.3. The summed E-state index contributed by atoms with van der Waals surface area (Å²) in [7, 11) is 0. The highest BCUT2D eigenvalue weighted by Crippen LogP contribution is 2.56. The first-order valence-corrected chi connectivity index (χ1v) is 27.6. The second-order valence-corrected chi connectivity index (χ2v) is 21.7. The first-order valence-electron chi connectivity index (χ1n) is 27.6. The third-order valence-electron chi connectivity index (χ3n) is 17.5. The third-order valence-corrected chi connectivity index (χ3v) is 17.5. The molecule has 0 atom stereocenters. The predicted molar refractivity (Wildman–Crippen MR) is 335 cm³/mol. The van der Waals surface area contributed by atoms with Crippen LogP contribution in [0.1, 0.15) is 0 Å². The second kappa shape index (κ2) is 16.5. The topological polar surface area (TPSA) is 26.3 Å². The van der Waals surface area contributed by atoms with Crippen LogP contribution in [0.5, 0.6) is 0 Å². The summed E-state index contributed by atoms with van der Waals surface area (Å²) in [5.41, 5.74) is 22.9. The van der Waals surface area contributed by atoms with Crippen LogP contribution >= 0.6 is 0 Å². The van der Waals surface area contributed by atoms with E-state index in [-0.39, 0.29) is 0 Å². The van der Waals surface area contributed by atoms with Crippen molar-refractivity contribution in [3.05, 3.63) is 267 Å². The van der Waals surface area contributed by atoms with Gasteiger partial charge in [0.15, 0.2) is 0 Å². The largest absolute Gasteiger partial charge is 0.455 e. The molecule has 0 unspecified atom stereocenters. The van der Waals surface area contributed by atoms with Crippen LogP contribution in [0.2, 0.25) is 0 Å². The fraction of sp³-hybridized carbons (Fsp3) is 0. The van der Waals surface area contributed by atoms with Gasteiger partial charge in [0.25, 0.3) is 0 Å². The molecule has 368 valence electrons. The monoisotopic (exact) mass is 1010 g/mol. The zero-order valence-electron chi connectivity index (χ0n) is 43.2. The van der Waals surface area contributed by atoms with Gasteiger partial charge in [-0.15, -0.1) is 0 Å². The Balaban J connectivity index is 1.03. The molecule has 0 aliphatic heterocycles. The van der Waals surface area contributed by atoms with E-state index in [4.69, 9.17) is 8.83 Å². The molecule has 2 heteroatoms. The zero-order valence-corrected chi connectivity index (χ0v) is 43.2. The number of hydrogen-bond acceptors (Lipinski definition) is 2. The van der Waals surface area contributed by atoms with Crippen molar-refractivity contribution in [2.75, 3.05) is 0 Å². The van der Waals surface area contributed by atoms with Crippen LogP contribution in [0, 0.1) is 0 Å². The van der Waals surface area contributed by atoms with Gasteiger partial charge in [0.1, 0.15) is 22.7 Å². The predicted octanol–water partition coefficient (Wildman–Crippen LogP) is 22.2. The average Bonchev–Trinajstić information content (AvgIpc) is 4.37. The Morgan fingerprint density at radius 1 is 0.188 bits per heavy atom. The van der Waals surface area contributed by atoms with Crippen LogP contribution in [0.25, 0.3) is 187 Å². The molecule has 18 rings (SSSR count).